The quantitative estimate of drug-likeness (QED) is 0.495. The predicted octanol–water partition coefficient (Wildman–Crippen LogP) is 2.88. The van der Waals surface area contributed by atoms with Crippen LogP contribution in [0.15, 0.2) is 41.7 Å². The summed E-state index contributed by atoms with van der Waals surface area (Å²) in [6.45, 7) is 4.20. The van der Waals surface area contributed by atoms with Crippen LogP contribution in [0, 0.1) is 17.0 Å². The van der Waals surface area contributed by atoms with Gasteiger partial charge in [-0.15, -0.1) is 0 Å². The zero-order valence-electron chi connectivity index (χ0n) is 13.3. The topological polar surface area (TPSA) is 117 Å². The Kier molecular flexibility index (Phi) is 5.56. The van der Waals surface area contributed by atoms with Gasteiger partial charge in [0.2, 0.25) is 0 Å². The monoisotopic (exact) mass is 327 g/mol. The number of pyridine rings is 2. The highest BCUT2D eigenvalue weighted by molar-refractivity contribution is 6.08. The van der Waals surface area contributed by atoms with Crippen LogP contribution in [0.4, 0.5) is 5.82 Å². The number of aromatic nitrogens is 2. The lowest BCUT2D eigenvalue weighted by Crippen LogP contribution is -1.98. The van der Waals surface area contributed by atoms with Crippen molar-refractivity contribution in [1.82, 2.24) is 9.97 Å². The molecule has 8 heteroatoms. The van der Waals surface area contributed by atoms with Crippen molar-refractivity contribution in [2.75, 3.05) is 6.54 Å². The van der Waals surface area contributed by atoms with Crippen LogP contribution in [-0.2, 0) is 0 Å². The van der Waals surface area contributed by atoms with E-state index in [9.17, 15) is 10.1 Å². The Morgan fingerprint density at radius 1 is 1.46 bits per heavy atom. The highest BCUT2D eigenvalue weighted by atomic mass is 16.6. The molecule has 2 heterocycles. The van der Waals surface area contributed by atoms with Crippen LogP contribution in [0.1, 0.15) is 18.3 Å². The molecule has 0 spiro atoms. The van der Waals surface area contributed by atoms with Crippen LogP contribution in [0.2, 0.25) is 0 Å². The third-order valence-electron chi connectivity index (χ3n) is 3.06. The van der Waals surface area contributed by atoms with Crippen molar-refractivity contribution in [3.05, 3.63) is 58.2 Å². The van der Waals surface area contributed by atoms with E-state index >= 15 is 0 Å². The maximum Gasteiger partial charge on any atom is 0.363 e. The Hall–Kier alpha value is -3.29. The van der Waals surface area contributed by atoms with Crippen molar-refractivity contribution in [3.63, 3.8) is 0 Å². The average molecular weight is 327 g/mol. The van der Waals surface area contributed by atoms with Crippen LogP contribution in [0.25, 0.3) is 5.57 Å². The van der Waals surface area contributed by atoms with Crippen molar-refractivity contribution < 1.29 is 9.66 Å². The number of hydrogen-bond acceptors (Lipinski definition) is 7. The Morgan fingerprint density at radius 3 is 2.88 bits per heavy atom. The molecule has 0 aromatic carbocycles. The van der Waals surface area contributed by atoms with E-state index in [1.807, 2.05) is 6.92 Å². The Labute approximate surface area is 138 Å². The molecule has 0 radical (unpaired) electrons. The van der Waals surface area contributed by atoms with Gasteiger partial charge in [0.05, 0.1) is 5.69 Å². The lowest BCUT2D eigenvalue weighted by Gasteiger charge is -2.08. The summed E-state index contributed by atoms with van der Waals surface area (Å²) in [6.07, 6.45) is 4.65. The molecule has 2 N–H and O–H groups in total. The first-order valence-electron chi connectivity index (χ1n) is 7.23. The van der Waals surface area contributed by atoms with Crippen molar-refractivity contribution in [2.45, 2.75) is 13.8 Å². The minimum atomic E-state index is -0.549. The van der Waals surface area contributed by atoms with E-state index in [2.05, 4.69) is 15.0 Å². The summed E-state index contributed by atoms with van der Waals surface area (Å²) in [5, 5.41) is 10.7. The van der Waals surface area contributed by atoms with Crippen LogP contribution in [-0.4, -0.2) is 27.7 Å². The predicted molar refractivity (Wildman–Crippen MR) is 91.1 cm³/mol. The van der Waals surface area contributed by atoms with E-state index in [0.717, 1.165) is 0 Å². The number of nitro groups is 1. The number of rotatable bonds is 6. The zero-order valence-corrected chi connectivity index (χ0v) is 13.3. The van der Waals surface area contributed by atoms with Crippen LogP contribution in [0.5, 0.6) is 11.5 Å². The van der Waals surface area contributed by atoms with Crippen molar-refractivity contribution in [3.8, 4) is 11.5 Å². The van der Waals surface area contributed by atoms with Crippen molar-refractivity contribution >= 4 is 17.6 Å². The Balaban J connectivity index is 2.27. The summed E-state index contributed by atoms with van der Waals surface area (Å²) in [5.41, 5.74) is 7.31. The molecule has 0 aliphatic rings. The first-order chi connectivity index (χ1) is 11.5. The van der Waals surface area contributed by atoms with Gasteiger partial charge in [-0.3, -0.25) is 9.98 Å². The summed E-state index contributed by atoms with van der Waals surface area (Å²) >= 11 is 0. The van der Waals surface area contributed by atoms with Crippen LogP contribution in [0.3, 0.4) is 0 Å². The molecule has 0 saturated heterocycles. The molecule has 124 valence electrons. The molecule has 0 unspecified atom stereocenters. The Morgan fingerprint density at radius 2 is 2.25 bits per heavy atom. The molecule has 8 nitrogen and oxygen atoms in total. The normalized spacial score (nSPS) is 11.7. The first kappa shape index (κ1) is 17.1. The molecule has 0 aliphatic heterocycles. The summed E-state index contributed by atoms with van der Waals surface area (Å²) in [4.78, 5) is 22.5. The summed E-state index contributed by atoms with van der Waals surface area (Å²) in [6, 6.07) is 6.19. The van der Waals surface area contributed by atoms with Crippen molar-refractivity contribution in [2.24, 2.45) is 10.7 Å². The lowest BCUT2D eigenvalue weighted by atomic mass is 10.2. The molecule has 2 aromatic rings. The maximum atomic E-state index is 10.7. The average Bonchev–Trinajstić information content (AvgIpc) is 2.57. The smallest absolute Gasteiger partial charge is 0.363 e. The van der Waals surface area contributed by atoms with E-state index in [0.29, 0.717) is 35.0 Å². The van der Waals surface area contributed by atoms with Gasteiger partial charge < -0.3 is 20.6 Å². The Bertz CT molecular complexity index is 802. The van der Waals surface area contributed by atoms with E-state index in [4.69, 9.17) is 10.5 Å². The number of allylic oxidation sites excluding steroid dienone is 1. The number of nitrogens with zero attached hydrogens (tertiary/aromatic N) is 4. The van der Waals surface area contributed by atoms with E-state index < -0.39 is 4.92 Å². The van der Waals surface area contributed by atoms with E-state index in [1.165, 1.54) is 18.3 Å². The van der Waals surface area contributed by atoms with E-state index in [1.54, 1.807) is 31.5 Å². The number of aliphatic imine (C=N–C) groups is 1. The molecule has 2 rings (SSSR count). The molecular weight excluding hydrogens is 310 g/mol. The third-order valence-corrected chi connectivity index (χ3v) is 3.06. The standard InChI is InChI=1S/C16H17N5O3/c1-3-18-10-12(9-17)14-8-13(6-7-19-14)24-15-4-5-16(21(22)23)20-11(15)2/h4-10H,3,17H2,1-2H3. The number of ether oxygens (including phenoxy) is 1. The maximum absolute atomic E-state index is 10.7. The van der Waals surface area contributed by atoms with Gasteiger partial charge in [-0.2, -0.15) is 0 Å². The first-order valence-corrected chi connectivity index (χ1v) is 7.23. The molecule has 24 heavy (non-hydrogen) atoms. The van der Waals surface area contributed by atoms with Gasteiger partial charge in [-0.05, 0) is 29.0 Å². The van der Waals surface area contributed by atoms with Gasteiger partial charge in [-0.25, -0.2) is 0 Å². The minimum absolute atomic E-state index is 0.223. The van der Waals surface area contributed by atoms with E-state index in [-0.39, 0.29) is 5.82 Å². The summed E-state index contributed by atoms with van der Waals surface area (Å²) in [7, 11) is 0. The highest BCUT2D eigenvalue weighted by Crippen LogP contribution is 2.26. The number of hydrogen-bond donors (Lipinski definition) is 1. The second-order valence-corrected chi connectivity index (χ2v) is 4.74. The fourth-order valence-corrected chi connectivity index (χ4v) is 1.89. The van der Waals surface area contributed by atoms with Gasteiger partial charge in [0, 0.05) is 49.8 Å². The molecule has 0 atom stereocenters. The number of aryl methyl sites for hydroxylation is 1. The SMILES string of the molecule is CCN=CC(=CN)c1cc(Oc2ccc([N+](=O)[O-])nc2C)ccn1. The van der Waals surface area contributed by atoms with Crippen LogP contribution >= 0.6 is 0 Å². The minimum Gasteiger partial charge on any atom is -0.453 e. The molecule has 0 aliphatic carbocycles. The summed E-state index contributed by atoms with van der Waals surface area (Å²) < 4.78 is 5.75. The lowest BCUT2D eigenvalue weighted by molar-refractivity contribution is -0.389. The fraction of sp³-hybridized carbons (Fsp3) is 0.188. The second-order valence-electron chi connectivity index (χ2n) is 4.74. The molecule has 0 bridgehead atoms. The highest BCUT2D eigenvalue weighted by Gasteiger charge is 2.13. The van der Waals surface area contributed by atoms with Gasteiger partial charge in [0.1, 0.15) is 5.75 Å². The van der Waals surface area contributed by atoms with Gasteiger partial charge in [-0.1, -0.05) is 0 Å². The third kappa shape index (κ3) is 4.13. The largest absolute Gasteiger partial charge is 0.453 e. The fourth-order valence-electron chi connectivity index (χ4n) is 1.89. The molecule has 0 amide bonds. The molecule has 2 aromatic heterocycles. The van der Waals surface area contributed by atoms with Crippen LogP contribution < -0.4 is 10.5 Å². The van der Waals surface area contributed by atoms with Gasteiger partial charge in [0.15, 0.2) is 11.4 Å². The van der Waals surface area contributed by atoms with Gasteiger partial charge in [0.25, 0.3) is 0 Å². The van der Waals surface area contributed by atoms with Gasteiger partial charge >= 0.3 is 5.82 Å². The number of nitrogens with two attached hydrogens (primary N) is 1. The van der Waals surface area contributed by atoms with Crippen molar-refractivity contribution in [1.29, 1.82) is 0 Å². The molecule has 0 saturated carbocycles. The summed E-state index contributed by atoms with van der Waals surface area (Å²) in [5.74, 6) is 0.723. The second kappa shape index (κ2) is 7.82. The zero-order chi connectivity index (χ0) is 17.5. The molecule has 0 fully saturated rings. The molecular formula is C16H17N5O3.